The third-order valence-electron chi connectivity index (χ3n) is 5.08. The van der Waals surface area contributed by atoms with E-state index in [1.807, 2.05) is 48.5 Å². The van der Waals surface area contributed by atoms with Gasteiger partial charge < -0.3 is 4.84 Å². The molecule has 3 aromatic carbocycles. The highest BCUT2D eigenvalue weighted by atomic mass is 35.5. The Balaban J connectivity index is 1.69. The first kappa shape index (κ1) is 19.8. The summed E-state index contributed by atoms with van der Waals surface area (Å²) in [6.45, 7) is 0. The van der Waals surface area contributed by atoms with E-state index in [1.165, 1.54) is 0 Å². The maximum atomic E-state index is 12.7. The van der Waals surface area contributed by atoms with E-state index in [1.54, 1.807) is 29.3 Å². The van der Waals surface area contributed by atoms with Gasteiger partial charge in [-0.1, -0.05) is 53.1 Å². The molecule has 1 unspecified atom stereocenters. The summed E-state index contributed by atoms with van der Waals surface area (Å²) in [5.41, 5.74) is 5.23. The second-order valence-corrected chi connectivity index (χ2v) is 7.96. The van der Waals surface area contributed by atoms with Gasteiger partial charge in [-0.05, 0) is 54.1 Å². The highest BCUT2D eigenvalue weighted by Crippen LogP contribution is 2.32. The van der Waals surface area contributed by atoms with Crippen LogP contribution in [0.3, 0.4) is 0 Å². The van der Waals surface area contributed by atoms with Gasteiger partial charge in [0, 0.05) is 16.5 Å². The van der Waals surface area contributed by atoms with Crippen molar-refractivity contribution in [2.75, 3.05) is 5.01 Å². The van der Waals surface area contributed by atoms with Gasteiger partial charge in [0.1, 0.15) is 0 Å². The average Bonchev–Trinajstić information content (AvgIpc) is 3.05. The lowest BCUT2D eigenvalue weighted by molar-refractivity contribution is -0.140. The lowest BCUT2D eigenvalue weighted by Gasteiger charge is -2.18. The number of halogens is 2. The minimum atomic E-state index is -0.511. The number of hydrogen-bond acceptors (Lipinski definition) is 6. The Morgan fingerprint density at radius 2 is 1.55 bits per heavy atom. The minimum Gasteiger partial charge on any atom is -0.345 e. The van der Waals surface area contributed by atoms with E-state index < -0.39 is 5.97 Å². The molecule has 2 aliphatic heterocycles. The Morgan fingerprint density at radius 1 is 0.903 bits per heavy atom. The Hall–Kier alpha value is -3.19. The van der Waals surface area contributed by atoms with E-state index in [2.05, 4.69) is 5.59 Å². The van der Waals surface area contributed by atoms with Crippen LogP contribution < -0.4 is 21.3 Å². The lowest BCUT2D eigenvalue weighted by Crippen LogP contribution is -2.29. The molecule has 1 atom stereocenters. The summed E-state index contributed by atoms with van der Waals surface area (Å²) in [4.78, 5) is 27.6. The second-order valence-electron chi connectivity index (χ2n) is 7.09. The first-order chi connectivity index (χ1) is 15.1. The first-order valence-electron chi connectivity index (χ1n) is 9.61. The largest absolute Gasteiger partial charge is 0.378 e. The van der Waals surface area contributed by atoms with Crippen LogP contribution in [0.2, 0.25) is 10.0 Å². The van der Waals surface area contributed by atoms with Gasteiger partial charge in [0.15, 0.2) is 5.70 Å². The smallest absolute Gasteiger partial charge is 0.345 e. The topological polar surface area (TPSA) is 66.3 Å². The van der Waals surface area contributed by atoms with Crippen molar-refractivity contribution in [2.45, 2.75) is 12.5 Å². The van der Waals surface area contributed by atoms with Crippen molar-refractivity contribution in [3.63, 3.8) is 0 Å². The third kappa shape index (κ3) is 3.93. The summed E-state index contributed by atoms with van der Waals surface area (Å²) in [7, 11) is 0. The number of anilines is 1. The number of fused-ring (bicyclic) bond motifs is 1. The fraction of sp³-hybridized carbons (Fsp3) is 0.0870. The van der Waals surface area contributed by atoms with Crippen molar-refractivity contribution in [1.29, 1.82) is 0 Å². The number of carbonyl (C=O) groups is 1. The summed E-state index contributed by atoms with van der Waals surface area (Å²) in [5.74, 6) is -0.511. The SMILES string of the molecule is O=C1ONN(c2ccc(Cl)cc2)C1=C1CC(c2ccc(Cl)cc2)N=c2ccccc2=N1. The molecule has 0 aromatic heterocycles. The minimum absolute atomic E-state index is 0.243. The van der Waals surface area contributed by atoms with Gasteiger partial charge in [-0.3, -0.25) is 4.99 Å². The van der Waals surface area contributed by atoms with Gasteiger partial charge in [0.25, 0.3) is 0 Å². The molecule has 8 heteroatoms. The highest BCUT2D eigenvalue weighted by Gasteiger charge is 2.34. The standard InChI is InChI=1S/C23H16Cl2N4O2/c24-15-7-5-14(6-8-15)20-13-21(27-19-4-2-1-3-18(19)26-20)22-23(30)31-28-29(22)17-11-9-16(25)10-12-17/h1-12,20,28H,13H2. The fourth-order valence-corrected chi connectivity index (χ4v) is 3.83. The van der Waals surface area contributed by atoms with Crippen LogP contribution in [0.5, 0.6) is 0 Å². The Kier molecular flexibility index (Phi) is 5.19. The molecule has 154 valence electrons. The molecule has 1 fully saturated rings. The zero-order chi connectivity index (χ0) is 21.4. The summed E-state index contributed by atoms with van der Waals surface area (Å²) in [6.07, 6.45) is 0.409. The summed E-state index contributed by atoms with van der Waals surface area (Å²) >= 11 is 12.1. The number of hydrazine groups is 1. The molecule has 0 radical (unpaired) electrons. The quantitative estimate of drug-likeness (QED) is 0.597. The van der Waals surface area contributed by atoms with Crippen LogP contribution in [0.4, 0.5) is 5.69 Å². The highest BCUT2D eigenvalue weighted by molar-refractivity contribution is 6.30. The number of para-hydroxylation sites is 2. The fourth-order valence-electron chi connectivity index (χ4n) is 3.57. The maximum Gasteiger partial charge on any atom is 0.378 e. The molecule has 2 aliphatic rings. The van der Waals surface area contributed by atoms with E-state index >= 15 is 0 Å². The molecule has 2 heterocycles. The molecule has 1 N–H and O–H groups in total. The van der Waals surface area contributed by atoms with Gasteiger partial charge in [0.05, 0.1) is 28.1 Å². The zero-order valence-corrected chi connectivity index (χ0v) is 17.6. The molecule has 0 bridgehead atoms. The maximum absolute atomic E-state index is 12.7. The van der Waals surface area contributed by atoms with Crippen molar-refractivity contribution in [1.82, 2.24) is 5.59 Å². The average molecular weight is 451 g/mol. The van der Waals surface area contributed by atoms with Gasteiger partial charge in [-0.25, -0.2) is 14.8 Å². The van der Waals surface area contributed by atoms with E-state index in [0.29, 0.717) is 38.9 Å². The first-order valence-corrected chi connectivity index (χ1v) is 10.4. The van der Waals surface area contributed by atoms with Crippen molar-refractivity contribution in [2.24, 2.45) is 9.98 Å². The van der Waals surface area contributed by atoms with Crippen molar-refractivity contribution >= 4 is 34.9 Å². The zero-order valence-electron chi connectivity index (χ0n) is 16.1. The summed E-state index contributed by atoms with van der Waals surface area (Å²) < 4.78 is 0. The number of nitrogens with zero attached hydrogens (tertiary/aromatic N) is 3. The number of benzene rings is 3. The number of rotatable bonds is 2. The molecule has 6 nitrogen and oxygen atoms in total. The Bertz CT molecular complexity index is 1300. The van der Waals surface area contributed by atoms with Crippen molar-refractivity contribution in [3.05, 3.63) is 111 Å². The Labute approximate surface area is 188 Å². The molecule has 0 spiro atoms. The Morgan fingerprint density at radius 3 is 2.26 bits per heavy atom. The summed E-state index contributed by atoms with van der Waals surface area (Å²) in [6, 6.07) is 22.0. The number of nitrogens with one attached hydrogen (secondary N) is 1. The van der Waals surface area contributed by atoms with Crippen LogP contribution >= 0.6 is 23.2 Å². The van der Waals surface area contributed by atoms with Crippen molar-refractivity contribution < 1.29 is 9.63 Å². The predicted octanol–water partition coefficient (Wildman–Crippen LogP) is 4.07. The van der Waals surface area contributed by atoms with Crippen LogP contribution in [0.25, 0.3) is 0 Å². The molecule has 3 aromatic rings. The summed E-state index contributed by atoms with van der Waals surface area (Å²) in [5, 5.41) is 4.27. The van der Waals surface area contributed by atoms with Crippen LogP contribution in [0.1, 0.15) is 18.0 Å². The molecular formula is C23H16Cl2N4O2. The second kappa shape index (κ2) is 8.15. The number of carbonyl (C=O) groups excluding carboxylic acids is 1. The number of hydrogen-bond donors (Lipinski definition) is 1. The lowest BCUT2D eigenvalue weighted by atomic mass is 10.0. The van der Waals surface area contributed by atoms with Crippen LogP contribution in [-0.2, 0) is 9.63 Å². The third-order valence-corrected chi connectivity index (χ3v) is 5.58. The van der Waals surface area contributed by atoms with Gasteiger partial charge in [-0.2, -0.15) is 0 Å². The van der Waals surface area contributed by atoms with E-state index in [-0.39, 0.29) is 6.04 Å². The normalized spacial score (nSPS) is 20.4. The predicted molar refractivity (Wildman–Crippen MR) is 118 cm³/mol. The van der Waals surface area contributed by atoms with Crippen LogP contribution in [0.15, 0.2) is 94.2 Å². The van der Waals surface area contributed by atoms with Crippen LogP contribution in [0, 0.1) is 0 Å². The molecule has 0 aliphatic carbocycles. The van der Waals surface area contributed by atoms with Crippen LogP contribution in [-0.4, -0.2) is 5.97 Å². The molecular weight excluding hydrogens is 435 g/mol. The van der Waals surface area contributed by atoms with E-state index in [9.17, 15) is 4.79 Å². The van der Waals surface area contributed by atoms with Gasteiger partial charge >= 0.3 is 5.97 Å². The molecule has 1 saturated heterocycles. The molecule has 0 saturated carbocycles. The molecule has 31 heavy (non-hydrogen) atoms. The molecule has 0 amide bonds. The monoisotopic (exact) mass is 450 g/mol. The molecule has 5 rings (SSSR count). The van der Waals surface area contributed by atoms with E-state index in [4.69, 9.17) is 38.0 Å². The van der Waals surface area contributed by atoms with E-state index in [0.717, 1.165) is 10.9 Å². The van der Waals surface area contributed by atoms with Gasteiger partial charge in [0.2, 0.25) is 0 Å². The van der Waals surface area contributed by atoms with Crippen molar-refractivity contribution in [3.8, 4) is 0 Å². The van der Waals surface area contributed by atoms with Gasteiger partial charge in [-0.15, -0.1) is 0 Å².